The van der Waals surface area contributed by atoms with Gasteiger partial charge in [-0.1, -0.05) is 24.3 Å². The molecule has 0 atom stereocenters. The average Bonchev–Trinajstić information content (AvgIpc) is 2.51. The Morgan fingerprint density at radius 1 is 0.727 bits per heavy atom. The van der Waals surface area contributed by atoms with Crippen LogP contribution >= 0.6 is 31.9 Å². The lowest BCUT2D eigenvalue weighted by Crippen LogP contribution is -2.08. The number of halogens is 2. The van der Waals surface area contributed by atoms with Gasteiger partial charge >= 0.3 is 11.9 Å². The second-order valence-electron chi connectivity index (χ2n) is 4.73. The van der Waals surface area contributed by atoms with Crippen molar-refractivity contribution in [3.05, 3.63) is 56.5 Å². The molecule has 110 valence electrons. The number of carboxylic acid groups (broad SMARTS) is 2. The fourth-order valence-corrected chi connectivity index (χ4v) is 3.82. The molecule has 3 aromatic rings. The van der Waals surface area contributed by atoms with Crippen LogP contribution in [0.2, 0.25) is 0 Å². The summed E-state index contributed by atoms with van der Waals surface area (Å²) in [5.41, 5.74) is -0.467. The zero-order chi connectivity index (χ0) is 16.0. The molecule has 0 aliphatic rings. The minimum Gasteiger partial charge on any atom is -0.478 e. The van der Waals surface area contributed by atoms with Crippen LogP contribution in [0.1, 0.15) is 20.7 Å². The average molecular weight is 424 g/mol. The highest BCUT2D eigenvalue weighted by molar-refractivity contribution is 9.11. The van der Waals surface area contributed by atoms with Crippen LogP contribution in [-0.2, 0) is 0 Å². The lowest BCUT2D eigenvalue weighted by Gasteiger charge is -2.12. The summed E-state index contributed by atoms with van der Waals surface area (Å²) in [5.74, 6) is -2.54. The third kappa shape index (κ3) is 2.19. The molecule has 0 amide bonds. The first-order valence-corrected chi connectivity index (χ1v) is 7.80. The molecule has 0 aliphatic heterocycles. The molecule has 0 aliphatic carbocycles. The third-order valence-corrected chi connectivity index (χ3v) is 5.20. The first kappa shape index (κ1) is 15.0. The molecule has 0 bridgehead atoms. The van der Waals surface area contributed by atoms with Crippen molar-refractivity contribution in [1.29, 1.82) is 0 Å². The van der Waals surface area contributed by atoms with Crippen LogP contribution in [0.5, 0.6) is 0 Å². The standard InChI is InChI=1S/C16H8Br2O4/c17-13-7-3-1-2-4-8(7)14(18)10-6-12(16(21)22)11(15(19)20)5-9(10)13/h1-6H,(H,19,20)(H,21,22). The number of aromatic carboxylic acids is 2. The van der Waals surface area contributed by atoms with Gasteiger partial charge in [0.05, 0.1) is 11.1 Å². The Labute approximate surface area is 141 Å². The molecule has 0 radical (unpaired) electrons. The second-order valence-corrected chi connectivity index (χ2v) is 6.31. The van der Waals surface area contributed by atoms with Crippen molar-refractivity contribution in [3.63, 3.8) is 0 Å². The second kappa shape index (κ2) is 5.37. The number of fused-ring (bicyclic) bond motifs is 2. The van der Waals surface area contributed by atoms with Gasteiger partial charge in [-0.05, 0) is 65.5 Å². The Balaban J connectivity index is 2.56. The number of carbonyl (C=O) groups is 2. The zero-order valence-electron chi connectivity index (χ0n) is 10.9. The van der Waals surface area contributed by atoms with Gasteiger partial charge in [-0.25, -0.2) is 9.59 Å². The number of benzene rings is 3. The van der Waals surface area contributed by atoms with E-state index in [4.69, 9.17) is 0 Å². The Bertz CT molecular complexity index is 885. The van der Waals surface area contributed by atoms with E-state index >= 15 is 0 Å². The van der Waals surface area contributed by atoms with E-state index in [1.807, 2.05) is 24.3 Å². The number of hydrogen-bond acceptors (Lipinski definition) is 2. The molecule has 0 aromatic heterocycles. The number of carboxylic acids is 2. The zero-order valence-corrected chi connectivity index (χ0v) is 14.1. The van der Waals surface area contributed by atoms with Gasteiger partial charge in [-0.15, -0.1) is 0 Å². The van der Waals surface area contributed by atoms with E-state index in [0.717, 1.165) is 19.7 Å². The largest absolute Gasteiger partial charge is 0.478 e. The van der Waals surface area contributed by atoms with Crippen LogP contribution in [0, 0.1) is 0 Å². The van der Waals surface area contributed by atoms with Crippen molar-refractivity contribution in [2.75, 3.05) is 0 Å². The molecule has 0 unspecified atom stereocenters. The molecule has 3 rings (SSSR count). The van der Waals surface area contributed by atoms with Crippen molar-refractivity contribution in [2.24, 2.45) is 0 Å². The van der Waals surface area contributed by atoms with Crippen LogP contribution in [0.15, 0.2) is 45.3 Å². The van der Waals surface area contributed by atoms with Gasteiger partial charge in [0, 0.05) is 8.95 Å². The van der Waals surface area contributed by atoms with E-state index < -0.39 is 11.9 Å². The summed E-state index contributed by atoms with van der Waals surface area (Å²) in [5, 5.41) is 21.6. The van der Waals surface area contributed by atoms with E-state index in [0.29, 0.717) is 10.8 Å². The van der Waals surface area contributed by atoms with E-state index in [1.165, 1.54) is 12.1 Å². The molecule has 3 aromatic carbocycles. The maximum absolute atomic E-state index is 11.3. The molecule has 0 heterocycles. The molecule has 4 nitrogen and oxygen atoms in total. The quantitative estimate of drug-likeness (QED) is 0.574. The molecule has 0 saturated heterocycles. The van der Waals surface area contributed by atoms with Crippen molar-refractivity contribution in [1.82, 2.24) is 0 Å². The van der Waals surface area contributed by atoms with E-state index in [9.17, 15) is 19.8 Å². The van der Waals surface area contributed by atoms with Gasteiger partial charge in [-0.2, -0.15) is 0 Å². The van der Waals surface area contributed by atoms with Gasteiger partial charge in [0.25, 0.3) is 0 Å². The lowest BCUT2D eigenvalue weighted by atomic mass is 9.97. The molecule has 0 fully saturated rings. The fourth-order valence-electron chi connectivity index (χ4n) is 2.47. The smallest absolute Gasteiger partial charge is 0.336 e. The van der Waals surface area contributed by atoms with Gasteiger partial charge in [-0.3, -0.25) is 0 Å². The first-order valence-electron chi connectivity index (χ1n) is 6.22. The Hall–Kier alpha value is -1.92. The fraction of sp³-hybridized carbons (Fsp3) is 0. The normalized spacial score (nSPS) is 11.0. The molecule has 0 saturated carbocycles. The Morgan fingerprint density at radius 3 is 1.41 bits per heavy atom. The molecule has 0 spiro atoms. The summed E-state index contributed by atoms with van der Waals surface area (Å²) in [6.45, 7) is 0. The van der Waals surface area contributed by atoms with Crippen molar-refractivity contribution < 1.29 is 19.8 Å². The summed E-state index contributed by atoms with van der Waals surface area (Å²) in [6, 6.07) is 10.4. The number of hydrogen-bond donors (Lipinski definition) is 2. The van der Waals surface area contributed by atoms with E-state index in [2.05, 4.69) is 31.9 Å². The summed E-state index contributed by atoms with van der Waals surface area (Å²) < 4.78 is 1.47. The first-order chi connectivity index (χ1) is 10.4. The summed E-state index contributed by atoms with van der Waals surface area (Å²) in [6.07, 6.45) is 0. The van der Waals surface area contributed by atoms with Crippen molar-refractivity contribution in [3.8, 4) is 0 Å². The van der Waals surface area contributed by atoms with Gasteiger partial charge in [0.15, 0.2) is 0 Å². The van der Waals surface area contributed by atoms with E-state index in [-0.39, 0.29) is 11.1 Å². The van der Waals surface area contributed by atoms with Gasteiger partial charge in [0.2, 0.25) is 0 Å². The van der Waals surface area contributed by atoms with Crippen LogP contribution < -0.4 is 0 Å². The maximum Gasteiger partial charge on any atom is 0.336 e. The number of rotatable bonds is 2. The summed E-state index contributed by atoms with van der Waals surface area (Å²) >= 11 is 7.00. The highest BCUT2D eigenvalue weighted by atomic mass is 79.9. The topological polar surface area (TPSA) is 74.6 Å². The molecular weight excluding hydrogens is 416 g/mol. The van der Waals surface area contributed by atoms with Crippen LogP contribution in [0.3, 0.4) is 0 Å². The summed E-state index contributed by atoms with van der Waals surface area (Å²) in [7, 11) is 0. The molecule has 2 N–H and O–H groups in total. The SMILES string of the molecule is O=C(O)c1cc2c(Br)c3ccccc3c(Br)c2cc1C(=O)O. The highest BCUT2D eigenvalue weighted by Gasteiger charge is 2.20. The Morgan fingerprint density at radius 2 is 1.09 bits per heavy atom. The third-order valence-electron chi connectivity index (χ3n) is 3.49. The van der Waals surface area contributed by atoms with Crippen LogP contribution in [0.25, 0.3) is 21.5 Å². The molecule has 22 heavy (non-hydrogen) atoms. The summed E-state index contributed by atoms with van der Waals surface area (Å²) in [4.78, 5) is 22.7. The molecule has 6 heteroatoms. The lowest BCUT2D eigenvalue weighted by molar-refractivity contribution is 0.0652. The van der Waals surface area contributed by atoms with Crippen molar-refractivity contribution >= 4 is 65.3 Å². The van der Waals surface area contributed by atoms with E-state index in [1.54, 1.807) is 0 Å². The van der Waals surface area contributed by atoms with Crippen molar-refractivity contribution in [2.45, 2.75) is 0 Å². The minimum absolute atomic E-state index is 0.233. The minimum atomic E-state index is -1.27. The highest BCUT2D eigenvalue weighted by Crippen LogP contribution is 2.40. The monoisotopic (exact) mass is 422 g/mol. The predicted molar refractivity (Wildman–Crippen MR) is 90.8 cm³/mol. The van der Waals surface area contributed by atoms with Gasteiger partial charge in [0.1, 0.15) is 0 Å². The molecular formula is C16H8Br2O4. The van der Waals surface area contributed by atoms with Crippen LogP contribution in [-0.4, -0.2) is 22.2 Å². The predicted octanol–water partition coefficient (Wildman–Crippen LogP) is 4.91. The van der Waals surface area contributed by atoms with Gasteiger partial charge < -0.3 is 10.2 Å². The van der Waals surface area contributed by atoms with Crippen LogP contribution in [0.4, 0.5) is 0 Å². The Kier molecular flexibility index (Phi) is 3.66. The maximum atomic E-state index is 11.3.